The highest BCUT2D eigenvalue weighted by Gasteiger charge is 2.16. The molecule has 7 heteroatoms. The van der Waals surface area contributed by atoms with E-state index in [1.807, 2.05) is 0 Å². The second-order valence-electron chi connectivity index (χ2n) is 5.10. The minimum atomic E-state index is -0.535. The van der Waals surface area contributed by atoms with Crippen LogP contribution >= 0.6 is 11.6 Å². The Balaban J connectivity index is 1.88. The van der Waals surface area contributed by atoms with Crippen LogP contribution in [0.5, 0.6) is 0 Å². The summed E-state index contributed by atoms with van der Waals surface area (Å²) in [6.45, 7) is -0.116. The molecule has 1 amide bonds. The zero-order chi connectivity index (χ0) is 17.1. The first-order valence-electron chi connectivity index (χ1n) is 7.08. The number of rotatable bonds is 4. The molecule has 122 valence electrons. The molecule has 0 fully saturated rings. The van der Waals surface area contributed by atoms with E-state index in [0.717, 1.165) is 0 Å². The SMILES string of the molecule is O=C(Nc1cccc(CO)c1)c1cn[nH]c1-c1ccc(F)c(Cl)c1. The predicted octanol–water partition coefficient (Wildman–Crippen LogP) is 3.61. The van der Waals surface area contributed by atoms with Crippen molar-refractivity contribution in [3.63, 3.8) is 0 Å². The number of hydrogen-bond donors (Lipinski definition) is 3. The number of aromatic amines is 1. The van der Waals surface area contributed by atoms with Gasteiger partial charge in [-0.25, -0.2) is 4.39 Å². The van der Waals surface area contributed by atoms with Crippen molar-refractivity contribution in [3.05, 3.63) is 70.6 Å². The summed E-state index contributed by atoms with van der Waals surface area (Å²) in [5.74, 6) is -0.916. The maximum atomic E-state index is 13.3. The van der Waals surface area contributed by atoms with Gasteiger partial charge in [0.25, 0.3) is 5.91 Å². The highest BCUT2D eigenvalue weighted by molar-refractivity contribution is 6.31. The minimum Gasteiger partial charge on any atom is -0.392 e. The molecule has 1 aromatic heterocycles. The second-order valence-corrected chi connectivity index (χ2v) is 5.51. The number of hydrogen-bond acceptors (Lipinski definition) is 3. The molecule has 0 spiro atoms. The molecule has 0 aliphatic rings. The van der Waals surface area contributed by atoms with Crippen LogP contribution in [0.15, 0.2) is 48.7 Å². The van der Waals surface area contributed by atoms with Crippen LogP contribution in [0.3, 0.4) is 0 Å². The van der Waals surface area contributed by atoms with Crippen LogP contribution in [0.1, 0.15) is 15.9 Å². The van der Waals surface area contributed by atoms with Gasteiger partial charge in [0.2, 0.25) is 0 Å². The lowest BCUT2D eigenvalue weighted by atomic mass is 10.1. The van der Waals surface area contributed by atoms with Gasteiger partial charge < -0.3 is 10.4 Å². The van der Waals surface area contributed by atoms with E-state index in [0.29, 0.717) is 28.1 Å². The molecular formula is C17H13ClFN3O2. The molecule has 0 atom stereocenters. The summed E-state index contributed by atoms with van der Waals surface area (Å²) in [5, 5.41) is 18.5. The van der Waals surface area contributed by atoms with Gasteiger partial charge in [0, 0.05) is 11.3 Å². The third-order valence-electron chi connectivity index (χ3n) is 3.46. The summed E-state index contributed by atoms with van der Waals surface area (Å²) in [6.07, 6.45) is 1.39. The lowest BCUT2D eigenvalue weighted by Gasteiger charge is -2.07. The Bertz CT molecular complexity index is 895. The number of nitrogens with one attached hydrogen (secondary N) is 2. The van der Waals surface area contributed by atoms with Gasteiger partial charge in [0.1, 0.15) is 5.82 Å². The Morgan fingerprint density at radius 2 is 2.12 bits per heavy atom. The van der Waals surface area contributed by atoms with Crippen molar-refractivity contribution in [3.8, 4) is 11.3 Å². The van der Waals surface area contributed by atoms with Crippen molar-refractivity contribution in [1.29, 1.82) is 0 Å². The molecular weight excluding hydrogens is 333 g/mol. The predicted molar refractivity (Wildman–Crippen MR) is 89.3 cm³/mol. The van der Waals surface area contributed by atoms with Crippen molar-refractivity contribution < 1.29 is 14.3 Å². The monoisotopic (exact) mass is 345 g/mol. The van der Waals surface area contributed by atoms with Crippen LogP contribution in [0.4, 0.5) is 10.1 Å². The molecule has 0 saturated carbocycles. The summed E-state index contributed by atoms with van der Waals surface area (Å²) >= 11 is 5.79. The molecule has 3 aromatic rings. The maximum absolute atomic E-state index is 13.3. The van der Waals surface area contributed by atoms with Gasteiger partial charge in [-0.2, -0.15) is 5.10 Å². The molecule has 0 saturated heterocycles. The lowest BCUT2D eigenvalue weighted by molar-refractivity contribution is 0.102. The Morgan fingerprint density at radius 3 is 2.88 bits per heavy atom. The Morgan fingerprint density at radius 1 is 1.29 bits per heavy atom. The van der Waals surface area contributed by atoms with Crippen LogP contribution in [-0.2, 0) is 6.61 Å². The smallest absolute Gasteiger partial charge is 0.259 e. The molecule has 2 aromatic carbocycles. The number of carbonyl (C=O) groups is 1. The van der Waals surface area contributed by atoms with Crippen LogP contribution in [0.2, 0.25) is 5.02 Å². The lowest BCUT2D eigenvalue weighted by Crippen LogP contribution is -2.12. The number of halogens is 2. The number of aliphatic hydroxyl groups excluding tert-OH is 1. The van der Waals surface area contributed by atoms with E-state index in [1.54, 1.807) is 24.3 Å². The highest BCUT2D eigenvalue weighted by Crippen LogP contribution is 2.26. The molecule has 3 rings (SSSR count). The molecule has 0 aliphatic heterocycles. The summed E-state index contributed by atoms with van der Waals surface area (Å²) in [6, 6.07) is 11.0. The van der Waals surface area contributed by atoms with Crippen molar-refractivity contribution in [2.45, 2.75) is 6.61 Å². The van der Waals surface area contributed by atoms with Crippen molar-refractivity contribution in [2.24, 2.45) is 0 Å². The van der Waals surface area contributed by atoms with Gasteiger partial charge in [-0.1, -0.05) is 23.7 Å². The topological polar surface area (TPSA) is 78.0 Å². The van der Waals surface area contributed by atoms with Gasteiger partial charge in [0.05, 0.1) is 29.1 Å². The fraction of sp³-hybridized carbons (Fsp3) is 0.0588. The van der Waals surface area contributed by atoms with Gasteiger partial charge in [-0.3, -0.25) is 9.89 Å². The van der Waals surface area contributed by atoms with E-state index in [1.165, 1.54) is 24.4 Å². The van der Waals surface area contributed by atoms with Gasteiger partial charge in [-0.15, -0.1) is 0 Å². The van der Waals surface area contributed by atoms with Crippen LogP contribution in [0.25, 0.3) is 11.3 Å². The van der Waals surface area contributed by atoms with E-state index in [4.69, 9.17) is 16.7 Å². The van der Waals surface area contributed by atoms with Crippen molar-refractivity contribution in [1.82, 2.24) is 10.2 Å². The first-order valence-corrected chi connectivity index (χ1v) is 7.46. The number of H-pyrrole nitrogens is 1. The van der Waals surface area contributed by atoms with Crippen LogP contribution in [0, 0.1) is 5.82 Å². The van der Waals surface area contributed by atoms with Crippen LogP contribution in [-0.4, -0.2) is 21.2 Å². The van der Waals surface area contributed by atoms with E-state index in [-0.39, 0.29) is 17.5 Å². The number of carbonyl (C=O) groups excluding carboxylic acids is 1. The number of anilines is 1. The minimum absolute atomic E-state index is 0.0379. The molecule has 0 aliphatic carbocycles. The normalized spacial score (nSPS) is 10.6. The zero-order valence-corrected chi connectivity index (χ0v) is 13.1. The Kier molecular flexibility index (Phi) is 4.59. The molecule has 1 heterocycles. The number of aliphatic hydroxyl groups is 1. The number of nitrogens with zero attached hydrogens (tertiary/aromatic N) is 1. The molecule has 0 radical (unpaired) electrons. The van der Waals surface area contributed by atoms with E-state index >= 15 is 0 Å². The summed E-state index contributed by atoms with van der Waals surface area (Å²) < 4.78 is 13.3. The first kappa shape index (κ1) is 16.2. The van der Waals surface area contributed by atoms with E-state index in [2.05, 4.69) is 15.5 Å². The summed E-state index contributed by atoms with van der Waals surface area (Å²) in [4.78, 5) is 12.5. The molecule has 24 heavy (non-hydrogen) atoms. The number of amides is 1. The highest BCUT2D eigenvalue weighted by atomic mass is 35.5. The fourth-order valence-electron chi connectivity index (χ4n) is 2.28. The van der Waals surface area contributed by atoms with Gasteiger partial charge >= 0.3 is 0 Å². The Hall–Kier alpha value is -2.70. The quantitative estimate of drug-likeness (QED) is 0.676. The molecule has 3 N–H and O–H groups in total. The molecule has 0 unspecified atom stereocenters. The van der Waals surface area contributed by atoms with E-state index < -0.39 is 5.82 Å². The van der Waals surface area contributed by atoms with E-state index in [9.17, 15) is 9.18 Å². The van der Waals surface area contributed by atoms with Gasteiger partial charge in [0.15, 0.2) is 0 Å². The average molecular weight is 346 g/mol. The number of benzene rings is 2. The third-order valence-corrected chi connectivity index (χ3v) is 3.75. The Labute approximate surface area is 142 Å². The first-order chi connectivity index (χ1) is 11.6. The summed E-state index contributed by atoms with van der Waals surface area (Å²) in [5.41, 5.74) is 2.52. The van der Waals surface area contributed by atoms with Crippen molar-refractivity contribution >= 4 is 23.2 Å². The number of aromatic nitrogens is 2. The largest absolute Gasteiger partial charge is 0.392 e. The second kappa shape index (κ2) is 6.82. The standard InChI is InChI=1S/C17H13ClFN3O2/c18-14-7-11(4-5-15(14)19)16-13(8-20-22-16)17(24)21-12-3-1-2-10(6-12)9-23/h1-8,23H,9H2,(H,20,22)(H,21,24). The zero-order valence-electron chi connectivity index (χ0n) is 12.4. The molecule has 5 nitrogen and oxygen atoms in total. The van der Waals surface area contributed by atoms with Crippen LogP contribution < -0.4 is 5.32 Å². The molecule has 0 bridgehead atoms. The van der Waals surface area contributed by atoms with Gasteiger partial charge in [-0.05, 0) is 35.9 Å². The fourth-order valence-corrected chi connectivity index (χ4v) is 2.46. The average Bonchev–Trinajstić information content (AvgIpc) is 3.07. The third kappa shape index (κ3) is 3.29. The van der Waals surface area contributed by atoms with Crippen molar-refractivity contribution in [2.75, 3.05) is 5.32 Å². The maximum Gasteiger partial charge on any atom is 0.259 e. The summed E-state index contributed by atoms with van der Waals surface area (Å²) in [7, 11) is 0.